The van der Waals surface area contributed by atoms with Crippen molar-refractivity contribution in [3.63, 3.8) is 0 Å². The number of nitrogens with one attached hydrogen (secondary N) is 1. The summed E-state index contributed by atoms with van der Waals surface area (Å²) in [7, 11) is 0. The molecule has 0 spiro atoms. The van der Waals surface area contributed by atoms with E-state index in [0.29, 0.717) is 5.92 Å². The van der Waals surface area contributed by atoms with Crippen LogP contribution in [0.2, 0.25) is 0 Å². The summed E-state index contributed by atoms with van der Waals surface area (Å²) in [5.74, 6) is 7.20. The average molecular weight is 196 g/mol. The van der Waals surface area contributed by atoms with Gasteiger partial charge in [-0.2, -0.15) is 0 Å². The SMILES string of the molecule is CCc1occc1C(CC(C)C)NN. The minimum absolute atomic E-state index is 0.212. The molecule has 0 aromatic carbocycles. The van der Waals surface area contributed by atoms with Gasteiger partial charge < -0.3 is 4.42 Å². The largest absolute Gasteiger partial charge is 0.469 e. The molecule has 1 atom stereocenters. The van der Waals surface area contributed by atoms with Crippen molar-refractivity contribution in [1.29, 1.82) is 0 Å². The van der Waals surface area contributed by atoms with Gasteiger partial charge in [-0.1, -0.05) is 20.8 Å². The zero-order chi connectivity index (χ0) is 10.6. The van der Waals surface area contributed by atoms with Crippen molar-refractivity contribution in [2.24, 2.45) is 11.8 Å². The number of hydrazine groups is 1. The first kappa shape index (κ1) is 11.3. The van der Waals surface area contributed by atoms with E-state index in [1.165, 1.54) is 5.56 Å². The Labute approximate surface area is 85.6 Å². The summed E-state index contributed by atoms with van der Waals surface area (Å²) < 4.78 is 5.38. The third-order valence-electron chi connectivity index (χ3n) is 2.38. The molecule has 1 rings (SSSR count). The molecule has 0 saturated carbocycles. The predicted molar refractivity (Wildman–Crippen MR) is 57.6 cm³/mol. The van der Waals surface area contributed by atoms with E-state index in [2.05, 4.69) is 26.2 Å². The summed E-state index contributed by atoms with van der Waals surface area (Å²) in [4.78, 5) is 0. The van der Waals surface area contributed by atoms with Gasteiger partial charge >= 0.3 is 0 Å². The van der Waals surface area contributed by atoms with Crippen LogP contribution in [-0.2, 0) is 6.42 Å². The summed E-state index contributed by atoms with van der Waals surface area (Å²) in [6, 6.07) is 2.22. The number of aryl methyl sites for hydroxylation is 1. The molecule has 0 amide bonds. The summed E-state index contributed by atoms with van der Waals surface area (Å²) in [6.07, 6.45) is 3.68. The monoisotopic (exact) mass is 196 g/mol. The molecular formula is C11H20N2O. The highest BCUT2D eigenvalue weighted by Crippen LogP contribution is 2.24. The van der Waals surface area contributed by atoms with E-state index in [1.54, 1.807) is 6.26 Å². The lowest BCUT2D eigenvalue weighted by Gasteiger charge is -2.17. The van der Waals surface area contributed by atoms with E-state index < -0.39 is 0 Å². The highest BCUT2D eigenvalue weighted by Gasteiger charge is 2.16. The van der Waals surface area contributed by atoms with Gasteiger partial charge in [-0.25, -0.2) is 0 Å². The van der Waals surface area contributed by atoms with Crippen LogP contribution in [-0.4, -0.2) is 0 Å². The molecule has 3 N–H and O–H groups in total. The fourth-order valence-electron chi connectivity index (χ4n) is 1.70. The van der Waals surface area contributed by atoms with Crippen LogP contribution in [0, 0.1) is 5.92 Å². The first-order chi connectivity index (χ1) is 6.69. The third-order valence-corrected chi connectivity index (χ3v) is 2.38. The first-order valence-corrected chi connectivity index (χ1v) is 5.21. The number of hydrogen-bond acceptors (Lipinski definition) is 3. The molecular weight excluding hydrogens is 176 g/mol. The van der Waals surface area contributed by atoms with Gasteiger partial charge in [-0.15, -0.1) is 0 Å². The van der Waals surface area contributed by atoms with Crippen molar-refractivity contribution in [1.82, 2.24) is 5.43 Å². The molecule has 0 bridgehead atoms. The molecule has 1 aromatic heterocycles. The molecule has 0 saturated heterocycles. The van der Waals surface area contributed by atoms with Gasteiger partial charge in [-0.05, 0) is 18.4 Å². The lowest BCUT2D eigenvalue weighted by atomic mass is 9.97. The van der Waals surface area contributed by atoms with E-state index in [0.717, 1.165) is 18.6 Å². The van der Waals surface area contributed by atoms with Crippen molar-refractivity contribution < 1.29 is 4.42 Å². The van der Waals surface area contributed by atoms with Crippen LogP contribution in [0.25, 0.3) is 0 Å². The van der Waals surface area contributed by atoms with E-state index in [1.807, 2.05) is 6.07 Å². The molecule has 0 fully saturated rings. The number of rotatable bonds is 5. The maximum absolute atomic E-state index is 5.54. The minimum Gasteiger partial charge on any atom is -0.469 e. The van der Waals surface area contributed by atoms with Crippen molar-refractivity contribution in [2.45, 2.75) is 39.7 Å². The molecule has 1 unspecified atom stereocenters. The van der Waals surface area contributed by atoms with Crippen LogP contribution in [0.4, 0.5) is 0 Å². The third kappa shape index (κ3) is 2.59. The maximum atomic E-state index is 5.54. The van der Waals surface area contributed by atoms with Crippen molar-refractivity contribution in [3.05, 3.63) is 23.7 Å². The topological polar surface area (TPSA) is 51.2 Å². The Morgan fingerprint density at radius 2 is 2.21 bits per heavy atom. The Balaban J connectivity index is 2.77. The second-order valence-electron chi connectivity index (χ2n) is 4.00. The van der Waals surface area contributed by atoms with E-state index >= 15 is 0 Å². The van der Waals surface area contributed by atoms with Gasteiger partial charge in [0.15, 0.2) is 0 Å². The van der Waals surface area contributed by atoms with E-state index in [-0.39, 0.29) is 6.04 Å². The maximum Gasteiger partial charge on any atom is 0.108 e. The average Bonchev–Trinajstić information content (AvgIpc) is 2.61. The molecule has 14 heavy (non-hydrogen) atoms. The van der Waals surface area contributed by atoms with Gasteiger partial charge in [0, 0.05) is 18.0 Å². The molecule has 80 valence electrons. The summed E-state index contributed by atoms with van der Waals surface area (Å²) >= 11 is 0. The Kier molecular flexibility index (Phi) is 4.17. The van der Waals surface area contributed by atoms with Crippen molar-refractivity contribution in [3.8, 4) is 0 Å². The molecule has 0 aliphatic carbocycles. The number of furan rings is 1. The molecule has 0 radical (unpaired) electrons. The van der Waals surface area contributed by atoms with Gasteiger partial charge in [-0.3, -0.25) is 11.3 Å². The zero-order valence-corrected chi connectivity index (χ0v) is 9.21. The Hall–Kier alpha value is -0.800. The molecule has 3 nitrogen and oxygen atoms in total. The predicted octanol–water partition coefficient (Wildman–Crippen LogP) is 2.39. The summed E-state index contributed by atoms with van der Waals surface area (Å²) in [6.45, 7) is 6.47. The van der Waals surface area contributed by atoms with E-state index in [4.69, 9.17) is 10.3 Å². The highest BCUT2D eigenvalue weighted by molar-refractivity contribution is 5.21. The highest BCUT2D eigenvalue weighted by atomic mass is 16.3. The molecule has 3 heteroatoms. The minimum atomic E-state index is 0.212. The molecule has 0 aliphatic heterocycles. The lowest BCUT2D eigenvalue weighted by molar-refractivity contribution is 0.425. The molecule has 1 heterocycles. The van der Waals surface area contributed by atoms with Crippen LogP contribution in [0.5, 0.6) is 0 Å². The number of hydrogen-bond donors (Lipinski definition) is 2. The Morgan fingerprint density at radius 3 is 2.71 bits per heavy atom. The van der Waals surface area contributed by atoms with Crippen LogP contribution in [0.3, 0.4) is 0 Å². The molecule has 0 aliphatic rings. The second kappa shape index (κ2) is 5.17. The van der Waals surface area contributed by atoms with Gasteiger partial charge in [0.05, 0.1) is 6.26 Å². The fourth-order valence-corrected chi connectivity index (χ4v) is 1.70. The molecule has 1 aromatic rings. The summed E-state index contributed by atoms with van der Waals surface area (Å²) in [5, 5.41) is 0. The smallest absolute Gasteiger partial charge is 0.108 e. The van der Waals surface area contributed by atoms with Gasteiger partial charge in [0.1, 0.15) is 5.76 Å². The normalized spacial score (nSPS) is 13.5. The quantitative estimate of drug-likeness (QED) is 0.561. The standard InChI is InChI=1S/C11H20N2O/c1-4-11-9(5-6-14-11)10(13-12)7-8(2)3/h5-6,8,10,13H,4,7,12H2,1-3H3. The van der Waals surface area contributed by atoms with Crippen molar-refractivity contribution in [2.75, 3.05) is 0 Å². The van der Waals surface area contributed by atoms with Gasteiger partial charge in [0.25, 0.3) is 0 Å². The van der Waals surface area contributed by atoms with Gasteiger partial charge in [0.2, 0.25) is 0 Å². The number of nitrogens with two attached hydrogens (primary N) is 1. The van der Waals surface area contributed by atoms with Crippen LogP contribution in [0.1, 0.15) is 44.6 Å². The van der Waals surface area contributed by atoms with Crippen LogP contribution in [0.15, 0.2) is 16.7 Å². The lowest BCUT2D eigenvalue weighted by Crippen LogP contribution is -2.29. The van der Waals surface area contributed by atoms with Crippen LogP contribution < -0.4 is 11.3 Å². The van der Waals surface area contributed by atoms with E-state index in [9.17, 15) is 0 Å². The first-order valence-electron chi connectivity index (χ1n) is 5.21. The second-order valence-corrected chi connectivity index (χ2v) is 4.00. The van der Waals surface area contributed by atoms with Crippen LogP contribution >= 0.6 is 0 Å². The van der Waals surface area contributed by atoms with Crippen molar-refractivity contribution >= 4 is 0 Å². The summed E-state index contributed by atoms with van der Waals surface area (Å²) in [5.41, 5.74) is 4.05. The zero-order valence-electron chi connectivity index (χ0n) is 9.21. The Bertz CT molecular complexity index is 268. The fraction of sp³-hybridized carbons (Fsp3) is 0.636. The Morgan fingerprint density at radius 1 is 1.50 bits per heavy atom.